The number of hydrogen-bond acceptors (Lipinski definition) is 3. The molecule has 0 radical (unpaired) electrons. The number of hydrogen-bond donors (Lipinski definition) is 0. The average Bonchev–Trinajstić information content (AvgIpc) is 2.47. The van der Waals surface area contributed by atoms with Gasteiger partial charge >= 0.3 is 0 Å². The van der Waals surface area contributed by atoms with Gasteiger partial charge in [0, 0.05) is 18.3 Å². The number of rotatable bonds is 4. The highest BCUT2D eigenvalue weighted by atomic mass is 16.6. The smallest absolute Gasteiger partial charge is 0.258 e. The molecule has 0 amide bonds. The number of benzene rings is 2. The number of aryl methyl sites for hydroxylation is 2. The first kappa shape index (κ1) is 14.7. The lowest BCUT2D eigenvalue weighted by Crippen LogP contribution is -1.86. The summed E-state index contributed by atoms with van der Waals surface area (Å²) in [6.07, 6.45) is 5.41. The lowest BCUT2D eigenvalue weighted by atomic mass is 10.1. The largest absolute Gasteiger partial charge is 0.269 e. The molecule has 0 bridgehead atoms. The van der Waals surface area contributed by atoms with Gasteiger partial charge in [0.15, 0.2) is 0 Å². The fraction of sp³-hybridized carbons (Fsp3) is 0.118. The SMILES string of the molecule is Cc1ccc(C)c(N=CC=Cc2ccc([N+](=O)[O-])cc2)c1. The van der Waals surface area contributed by atoms with E-state index in [1.807, 2.05) is 38.1 Å². The number of allylic oxidation sites excluding steroid dienone is 1. The number of nitrogens with zero attached hydrogens (tertiary/aromatic N) is 2. The zero-order valence-corrected chi connectivity index (χ0v) is 12.0. The first-order chi connectivity index (χ1) is 10.1. The van der Waals surface area contributed by atoms with Gasteiger partial charge < -0.3 is 0 Å². The number of aliphatic imine (C=N–C) groups is 1. The lowest BCUT2D eigenvalue weighted by Gasteiger charge is -2.00. The van der Waals surface area contributed by atoms with Crippen molar-refractivity contribution in [2.24, 2.45) is 4.99 Å². The van der Waals surface area contributed by atoms with Crippen LogP contribution in [0.4, 0.5) is 11.4 Å². The van der Waals surface area contributed by atoms with Gasteiger partial charge in [0.1, 0.15) is 0 Å². The zero-order chi connectivity index (χ0) is 15.2. The van der Waals surface area contributed by atoms with E-state index in [1.54, 1.807) is 18.3 Å². The van der Waals surface area contributed by atoms with E-state index in [9.17, 15) is 10.1 Å². The van der Waals surface area contributed by atoms with Crippen LogP contribution in [0.15, 0.2) is 53.5 Å². The van der Waals surface area contributed by atoms with E-state index >= 15 is 0 Å². The molecule has 0 atom stereocenters. The van der Waals surface area contributed by atoms with Crippen LogP contribution in [-0.4, -0.2) is 11.1 Å². The fourth-order valence-corrected chi connectivity index (χ4v) is 1.84. The van der Waals surface area contributed by atoms with Gasteiger partial charge in [-0.05, 0) is 54.8 Å². The van der Waals surface area contributed by atoms with Gasteiger partial charge in [-0.1, -0.05) is 18.2 Å². The summed E-state index contributed by atoms with van der Waals surface area (Å²) in [7, 11) is 0. The average molecular weight is 280 g/mol. The van der Waals surface area contributed by atoms with Crippen molar-refractivity contribution in [1.82, 2.24) is 0 Å². The summed E-state index contributed by atoms with van der Waals surface area (Å²) in [5, 5.41) is 10.6. The van der Waals surface area contributed by atoms with Gasteiger partial charge in [0.25, 0.3) is 5.69 Å². The molecular formula is C17H16N2O2. The standard InChI is InChI=1S/C17H16N2O2/c1-13-5-6-14(2)17(12-13)18-11-3-4-15-7-9-16(10-8-15)19(20)21/h3-12H,1-2H3. The highest BCUT2D eigenvalue weighted by Crippen LogP contribution is 2.19. The van der Waals surface area contributed by atoms with Crippen molar-refractivity contribution in [3.63, 3.8) is 0 Å². The van der Waals surface area contributed by atoms with Crippen LogP contribution in [0.1, 0.15) is 16.7 Å². The van der Waals surface area contributed by atoms with Crippen LogP contribution in [0.3, 0.4) is 0 Å². The van der Waals surface area contributed by atoms with Gasteiger partial charge in [0.2, 0.25) is 0 Å². The van der Waals surface area contributed by atoms with Crippen molar-refractivity contribution in [2.45, 2.75) is 13.8 Å². The summed E-state index contributed by atoms with van der Waals surface area (Å²) in [6.45, 7) is 4.05. The third-order valence-electron chi connectivity index (χ3n) is 3.06. The maximum absolute atomic E-state index is 10.6. The zero-order valence-electron chi connectivity index (χ0n) is 12.0. The molecule has 0 saturated carbocycles. The molecule has 106 valence electrons. The number of non-ortho nitro benzene ring substituents is 1. The third-order valence-corrected chi connectivity index (χ3v) is 3.06. The maximum atomic E-state index is 10.6. The Labute approximate surface area is 123 Å². The first-order valence-electron chi connectivity index (χ1n) is 6.59. The van der Waals surface area contributed by atoms with Crippen LogP contribution in [0.2, 0.25) is 0 Å². The summed E-state index contributed by atoms with van der Waals surface area (Å²) in [6, 6.07) is 12.5. The second-order valence-corrected chi connectivity index (χ2v) is 4.78. The van der Waals surface area contributed by atoms with Gasteiger partial charge in [-0.15, -0.1) is 0 Å². The highest BCUT2D eigenvalue weighted by Gasteiger charge is 2.01. The topological polar surface area (TPSA) is 55.5 Å². The second kappa shape index (κ2) is 6.61. The molecular weight excluding hydrogens is 264 g/mol. The van der Waals surface area contributed by atoms with Crippen LogP contribution in [0.25, 0.3) is 6.08 Å². The molecule has 0 aliphatic carbocycles. The molecule has 2 aromatic carbocycles. The molecule has 0 fully saturated rings. The minimum absolute atomic E-state index is 0.0937. The van der Waals surface area contributed by atoms with E-state index < -0.39 is 4.92 Å². The maximum Gasteiger partial charge on any atom is 0.269 e. The molecule has 2 aromatic rings. The first-order valence-corrected chi connectivity index (χ1v) is 6.59. The van der Waals surface area contributed by atoms with E-state index in [1.165, 1.54) is 17.7 Å². The number of nitro groups is 1. The van der Waals surface area contributed by atoms with Gasteiger partial charge in [0.05, 0.1) is 10.6 Å². The van der Waals surface area contributed by atoms with Gasteiger partial charge in [-0.3, -0.25) is 15.1 Å². The van der Waals surface area contributed by atoms with Crippen molar-refractivity contribution in [3.8, 4) is 0 Å². The molecule has 4 heteroatoms. The molecule has 0 aromatic heterocycles. The van der Waals surface area contributed by atoms with Crippen LogP contribution >= 0.6 is 0 Å². The quantitative estimate of drug-likeness (QED) is 0.466. The normalized spacial score (nSPS) is 11.3. The summed E-state index contributed by atoms with van der Waals surface area (Å²) in [5.74, 6) is 0. The number of nitro benzene ring substituents is 1. The Kier molecular flexibility index (Phi) is 4.61. The molecule has 0 aliphatic heterocycles. The Morgan fingerprint density at radius 2 is 1.81 bits per heavy atom. The lowest BCUT2D eigenvalue weighted by molar-refractivity contribution is -0.384. The van der Waals surface area contributed by atoms with E-state index in [2.05, 4.69) is 11.1 Å². The van der Waals surface area contributed by atoms with Crippen LogP contribution < -0.4 is 0 Å². The molecule has 4 nitrogen and oxygen atoms in total. The monoisotopic (exact) mass is 280 g/mol. The van der Waals surface area contributed by atoms with Gasteiger partial charge in [-0.2, -0.15) is 0 Å². The van der Waals surface area contributed by atoms with Crippen molar-refractivity contribution >= 4 is 23.7 Å². The van der Waals surface area contributed by atoms with E-state index in [0.29, 0.717) is 0 Å². The molecule has 0 saturated heterocycles. The molecule has 0 N–H and O–H groups in total. The minimum Gasteiger partial charge on any atom is -0.258 e. The Bertz CT molecular complexity index is 701. The van der Waals surface area contributed by atoms with Crippen LogP contribution in [0.5, 0.6) is 0 Å². The van der Waals surface area contributed by atoms with E-state index in [0.717, 1.165) is 16.8 Å². The van der Waals surface area contributed by atoms with Crippen molar-refractivity contribution in [3.05, 3.63) is 75.3 Å². The minimum atomic E-state index is -0.407. The third kappa shape index (κ3) is 4.11. The van der Waals surface area contributed by atoms with Crippen LogP contribution in [-0.2, 0) is 0 Å². The summed E-state index contributed by atoms with van der Waals surface area (Å²) >= 11 is 0. The Balaban J connectivity index is 2.06. The molecule has 2 rings (SSSR count). The summed E-state index contributed by atoms with van der Waals surface area (Å²) < 4.78 is 0. The Morgan fingerprint density at radius 3 is 2.48 bits per heavy atom. The van der Waals surface area contributed by atoms with E-state index in [4.69, 9.17) is 0 Å². The second-order valence-electron chi connectivity index (χ2n) is 4.78. The predicted octanol–water partition coefficient (Wildman–Crippen LogP) is 4.63. The Hall–Kier alpha value is -2.75. The van der Waals surface area contributed by atoms with E-state index in [-0.39, 0.29) is 5.69 Å². The van der Waals surface area contributed by atoms with Crippen molar-refractivity contribution in [1.29, 1.82) is 0 Å². The molecule has 0 heterocycles. The molecule has 0 spiro atoms. The molecule has 21 heavy (non-hydrogen) atoms. The van der Waals surface area contributed by atoms with Crippen LogP contribution in [0, 0.1) is 24.0 Å². The highest BCUT2D eigenvalue weighted by molar-refractivity contribution is 5.81. The summed E-state index contributed by atoms with van der Waals surface area (Å²) in [4.78, 5) is 14.6. The molecule has 0 unspecified atom stereocenters. The van der Waals surface area contributed by atoms with Crippen molar-refractivity contribution < 1.29 is 4.92 Å². The van der Waals surface area contributed by atoms with Gasteiger partial charge in [-0.25, -0.2) is 0 Å². The summed E-state index contributed by atoms with van der Waals surface area (Å²) in [5.41, 5.74) is 4.24. The van der Waals surface area contributed by atoms with Crippen molar-refractivity contribution in [2.75, 3.05) is 0 Å². The molecule has 0 aliphatic rings. The predicted molar refractivity (Wildman–Crippen MR) is 86.2 cm³/mol. The fourth-order valence-electron chi connectivity index (χ4n) is 1.84. The Morgan fingerprint density at radius 1 is 1.10 bits per heavy atom.